The van der Waals surface area contributed by atoms with E-state index in [1.807, 2.05) is 5.32 Å². The molecule has 27 heavy (non-hydrogen) atoms. The van der Waals surface area contributed by atoms with Crippen molar-refractivity contribution in [1.29, 1.82) is 0 Å². The molecule has 0 aliphatic heterocycles. The zero-order valence-electron chi connectivity index (χ0n) is 13.6. The van der Waals surface area contributed by atoms with Crippen molar-refractivity contribution in [1.82, 2.24) is 0 Å². The van der Waals surface area contributed by atoms with Crippen LogP contribution in [0.3, 0.4) is 0 Å². The highest BCUT2D eigenvalue weighted by Crippen LogP contribution is 2.35. The number of nitro benzene ring substituents is 1. The zero-order valence-corrected chi connectivity index (χ0v) is 15.2. The summed E-state index contributed by atoms with van der Waals surface area (Å²) in [7, 11) is 0. The number of hydrogen-bond acceptors (Lipinski definition) is 5. The Morgan fingerprint density at radius 1 is 1.19 bits per heavy atom. The molecule has 2 aromatic rings. The van der Waals surface area contributed by atoms with E-state index in [2.05, 4.69) is 0 Å². The minimum Gasteiger partial charge on any atom is -0.373 e. The molecule has 0 aliphatic rings. The van der Waals surface area contributed by atoms with E-state index in [4.69, 9.17) is 11.6 Å². The van der Waals surface area contributed by atoms with Gasteiger partial charge in [-0.15, -0.1) is 0 Å². The van der Waals surface area contributed by atoms with Gasteiger partial charge in [-0.3, -0.25) is 14.9 Å². The molecule has 11 heteroatoms. The zero-order chi connectivity index (χ0) is 20.4. The predicted molar refractivity (Wildman–Crippen MR) is 94.0 cm³/mol. The second-order valence-corrected chi connectivity index (χ2v) is 7.07. The monoisotopic (exact) mass is 420 g/mol. The molecule has 0 unspecified atom stereocenters. The average molecular weight is 421 g/mol. The van der Waals surface area contributed by atoms with Gasteiger partial charge in [0.15, 0.2) is 0 Å². The Bertz CT molecular complexity index is 873. The highest BCUT2D eigenvalue weighted by atomic mass is 35.5. The highest BCUT2D eigenvalue weighted by molar-refractivity contribution is 7.99. The van der Waals surface area contributed by atoms with Gasteiger partial charge in [0.25, 0.3) is 11.6 Å². The number of non-ortho nitro benzene ring substituents is 1. The Morgan fingerprint density at radius 3 is 2.22 bits per heavy atom. The molecular weight excluding hydrogens is 409 g/mol. The third-order valence-corrected chi connectivity index (χ3v) is 4.78. The van der Waals surface area contributed by atoms with Gasteiger partial charge in [0.05, 0.1) is 15.6 Å². The largest absolute Gasteiger partial charge is 0.426 e. The second-order valence-electron chi connectivity index (χ2n) is 5.52. The second kappa shape index (κ2) is 7.75. The first-order chi connectivity index (χ1) is 12.4. The average Bonchev–Trinajstić information content (AvgIpc) is 2.56. The summed E-state index contributed by atoms with van der Waals surface area (Å²) in [5.74, 6) is -1.66. The van der Waals surface area contributed by atoms with E-state index in [1.54, 1.807) is 0 Å². The highest BCUT2D eigenvalue weighted by Gasteiger charge is 2.55. The van der Waals surface area contributed by atoms with Crippen LogP contribution in [0.1, 0.15) is 6.92 Å². The van der Waals surface area contributed by atoms with E-state index < -0.39 is 22.6 Å². The Labute approximate surface area is 160 Å². The number of benzene rings is 2. The third kappa shape index (κ3) is 4.90. The summed E-state index contributed by atoms with van der Waals surface area (Å²) in [6.07, 6.45) is -5.14. The van der Waals surface area contributed by atoms with Crippen molar-refractivity contribution in [3.63, 3.8) is 0 Å². The summed E-state index contributed by atoms with van der Waals surface area (Å²) in [5, 5.41) is 21.9. The van der Waals surface area contributed by atoms with Gasteiger partial charge < -0.3 is 10.4 Å². The molecule has 0 aromatic heterocycles. The molecular formula is C16H12ClF3N2O4S. The van der Waals surface area contributed by atoms with E-state index >= 15 is 0 Å². The van der Waals surface area contributed by atoms with Crippen LogP contribution < -0.4 is 5.32 Å². The Morgan fingerprint density at radius 2 is 1.74 bits per heavy atom. The van der Waals surface area contributed by atoms with Crippen LogP contribution in [0.25, 0.3) is 0 Å². The predicted octanol–water partition coefficient (Wildman–Crippen LogP) is 4.65. The molecule has 2 N–H and O–H groups in total. The summed E-state index contributed by atoms with van der Waals surface area (Å²) >= 11 is 7.20. The number of rotatable bonds is 5. The van der Waals surface area contributed by atoms with Gasteiger partial charge in [0.1, 0.15) is 0 Å². The number of anilines is 1. The summed E-state index contributed by atoms with van der Waals surface area (Å²) in [5.41, 5.74) is -3.73. The molecule has 0 saturated carbocycles. The van der Waals surface area contributed by atoms with Crippen LogP contribution in [0.4, 0.5) is 24.5 Å². The van der Waals surface area contributed by atoms with E-state index in [1.165, 1.54) is 54.2 Å². The number of amides is 1. The lowest BCUT2D eigenvalue weighted by Gasteiger charge is -2.25. The van der Waals surface area contributed by atoms with Crippen LogP contribution in [-0.2, 0) is 4.79 Å². The SMILES string of the molecule is C[C@@](O)(C(=O)Nc1ccc(Sc2ccc([N+](=O)[O-])cc2)cc1Cl)C(F)(F)F. The molecule has 0 aliphatic carbocycles. The third-order valence-electron chi connectivity index (χ3n) is 3.47. The number of aliphatic hydroxyl groups is 1. The van der Waals surface area contributed by atoms with Crippen molar-refractivity contribution in [2.45, 2.75) is 28.5 Å². The fraction of sp³-hybridized carbons (Fsp3) is 0.188. The lowest BCUT2D eigenvalue weighted by molar-refractivity contribution is -0.384. The Kier molecular flexibility index (Phi) is 6.03. The molecule has 6 nitrogen and oxygen atoms in total. The maximum absolute atomic E-state index is 12.7. The lowest BCUT2D eigenvalue weighted by atomic mass is 10.1. The van der Waals surface area contributed by atoms with Gasteiger partial charge >= 0.3 is 6.18 Å². The molecule has 144 valence electrons. The minimum atomic E-state index is -5.14. The van der Waals surface area contributed by atoms with Gasteiger partial charge in [-0.25, -0.2) is 0 Å². The first-order valence-electron chi connectivity index (χ1n) is 7.24. The normalized spacial score (nSPS) is 13.7. The summed E-state index contributed by atoms with van der Waals surface area (Å²) in [6, 6.07) is 9.93. The molecule has 0 radical (unpaired) electrons. The number of carbonyl (C=O) groups is 1. The van der Waals surface area contributed by atoms with Crippen LogP contribution in [0.15, 0.2) is 52.3 Å². The van der Waals surface area contributed by atoms with Gasteiger partial charge in [-0.05, 0) is 37.3 Å². The van der Waals surface area contributed by atoms with Crippen molar-refractivity contribution in [2.24, 2.45) is 0 Å². The number of nitrogens with one attached hydrogen (secondary N) is 1. The van der Waals surface area contributed by atoms with Gasteiger partial charge in [0.2, 0.25) is 5.60 Å². The van der Waals surface area contributed by atoms with Crippen molar-refractivity contribution in [2.75, 3.05) is 5.32 Å². The smallest absolute Gasteiger partial charge is 0.373 e. The fourth-order valence-electron chi connectivity index (χ4n) is 1.81. The minimum absolute atomic E-state index is 0.0340. The van der Waals surface area contributed by atoms with E-state index in [0.717, 1.165) is 0 Å². The molecule has 0 bridgehead atoms. The van der Waals surface area contributed by atoms with E-state index in [-0.39, 0.29) is 16.4 Å². The van der Waals surface area contributed by atoms with Crippen LogP contribution in [0.2, 0.25) is 5.02 Å². The fourth-order valence-corrected chi connectivity index (χ4v) is 2.96. The Hall–Kier alpha value is -2.30. The Balaban J connectivity index is 2.13. The quantitative estimate of drug-likeness (QED) is 0.542. The van der Waals surface area contributed by atoms with Crippen LogP contribution in [0, 0.1) is 10.1 Å². The number of nitro groups is 1. The molecule has 2 rings (SSSR count). The van der Waals surface area contributed by atoms with Gasteiger partial charge in [-0.2, -0.15) is 13.2 Å². The van der Waals surface area contributed by atoms with E-state index in [9.17, 15) is 33.2 Å². The standard InChI is InChI=1S/C16H12ClF3N2O4S/c1-15(24,16(18,19)20)14(23)21-13-7-6-11(8-12(13)17)27-10-4-2-9(3-5-10)22(25)26/h2-8,24H,1H3,(H,21,23)/t15-/m1/s1. The summed E-state index contributed by atoms with van der Waals surface area (Å²) in [4.78, 5) is 23.1. The van der Waals surface area contributed by atoms with Gasteiger partial charge in [-0.1, -0.05) is 23.4 Å². The lowest BCUT2D eigenvalue weighted by Crippen LogP contribution is -2.52. The number of halogens is 4. The molecule has 1 amide bonds. The van der Waals surface area contributed by atoms with Gasteiger partial charge in [0, 0.05) is 21.9 Å². The van der Waals surface area contributed by atoms with Crippen molar-refractivity contribution >= 4 is 40.6 Å². The molecule has 0 fully saturated rings. The van der Waals surface area contributed by atoms with Crippen LogP contribution in [-0.4, -0.2) is 27.7 Å². The van der Waals surface area contributed by atoms with Crippen LogP contribution in [0.5, 0.6) is 0 Å². The topological polar surface area (TPSA) is 92.5 Å². The molecule has 0 spiro atoms. The first-order valence-corrected chi connectivity index (χ1v) is 8.43. The number of hydrogen-bond donors (Lipinski definition) is 2. The molecule has 2 aromatic carbocycles. The molecule has 1 atom stereocenters. The summed E-state index contributed by atoms with van der Waals surface area (Å²) < 4.78 is 38.0. The maximum Gasteiger partial charge on any atom is 0.426 e. The molecule has 0 saturated heterocycles. The number of nitrogens with zero attached hydrogens (tertiary/aromatic N) is 1. The number of carbonyl (C=O) groups excluding carboxylic acids is 1. The van der Waals surface area contributed by atoms with Crippen LogP contribution >= 0.6 is 23.4 Å². The molecule has 0 heterocycles. The maximum atomic E-state index is 12.7. The number of alkyl halides is 3. The summed E-state index contributed by atoms with van der Waals surface area (Å²) in [6.45, 7) is 0.342. The van der Waals surface area contributed by atoms with Crippen molar-refractivity contribution in [3.8, 4) is 0 Å². The van der Waals surface area contributed by atoms with E-state index in [0.29, 0.717) is 16.7 Å². The van der Waals surface area contributed by atoms with Crippen molar-refractivity contribution in [3.05, 3.63) is 57.6 Å². The van der Waals surface area contributed by atoms with Crippen molar-refractivity contribution < 1.29 is 28.0 Å². The first kappa shape index (κ1) is 21.0.